The molecule has 2 aromatic carbocycles. The third-order valence-corrected chi connectivity index (χ3v) is 6.97. The number of hydrogen-bond donors (Lipinski definition) is 1. The van der Waals surface area contributed by atoms with Crippen LogP contribution in [0.15, 0.2) is 71.7 Å². The van der Waals surface area contributed by atoms with Gasteiger partial charge in [0.2, 0.25) is 0 Å². The van der Waals surface area contributed by atoms with Crippen molar-refractivity contribution in [1.29, 1.82) is 0 Å². The van der Waals surface area contributed by atoms with Crippen molar-refractivity contribution in [3.63, 3.8) is 0 Å². The van der Waals surface area contributed by atoms with Gasteiger partial charge in [0, 0.05) is 18.3 Å². The van der Waals surface area contributed by atoms with E-state index < -0.39 is 0 Å². The molecule has 1 fully saturated rings. The van der Waals surface area contributed by atoms with E-state index in [1.165, 1.54) is 16.7 Å². The lowest BCUT2D eigenvalue weighted by atomic mass is 9.79. The second-order valence-electron chi connectivity index (χ2n) is 8.76. The summed E-state index contributed by atoms with van der Waals surface area (Å²) in [6.07, 6.45) is 6.04. The van der Waals surface area contributed by atoms with Crippen LogP contribution < -0.4 is 5.56 Å². The molecule has 1 unspecified atom stereocenters. The molecule has 1 saturated heterocycles. The monoisotopic (exact) mass is 434 g/mol. The van der Waals surface area contributed by atoms with Crippen molar-refractivity contribution >= 4 is 11.6 Å². The average molecular weight is 435 g/mol. The zero-order valence-corrected chi connectivity index (χ0v) is 18.9. The van der Waals surface area contributed by atoms with Crippen LogP contribution in [-0.2, 0) is 19.4 Å². The van der Waals surface area contributed by atoms with E-state index in [1.807, 2.05) is 0 Å². The van der Waals surface area contributed by atoms with E-state index in [-0.39, 0.29) is 5.56 Å². The van der Waals surface area contributed by atoms with Gasteiger partial charge < -0.3 is 4.98 Å². The number of pyridine rings is 1. The third kappa shape index (κ3) is 5.66. The number of H-pyrrole nitrogens is 1. The lowest BCUT2D eigenvalue weighted by molar-refractivity contribution is 0.164. The number of nitrogens with one attached hydrogen (secondary N) is 1. The minimum atomic E-state index is -0.0350. The van der Waals surface area contributed by atoms with E-state index in [0.29, 0.717) is 23.4 Å². The summed E-state index contributed by atoms with van der Waals surface area (Å²) in [5, 5.41) is 0.588. The van der Waals surface area contributed by atoms with Crippen LogP contribution >= 0.6 is 11.6 Å². The molecular formula is C27H31ClN2O. The van der Waals surface area contributed by atoms with Gasteiger partial charge in [0.25, 0.3) is 5.56 Å². The number of likely N-dealkylation sites (tertiary alicyclic amines) is 1. The van der Waals surface area contributed by atoms with Gasteiger partial charge in [0.15, 0.2) is 0 Å². The number of halogens is 1. The Morgan fingerprint density at radius 3 is 2.48 bits per heavy atom. The fourth-order valence-electron chi connectivity index (χ4n) is 4.85. The number of aryl methyl sites for hydroxylation is 2. The van der Waals surface area contributed by atoms with Gasteiger partial charge in [-0.2, -0.15) is 0 Å². The highest BCUT2D eigenvalue weighted by molar-refractivity contribution is 6.30. The van der Waals surface area contributed by atoms with Crippen molar-refractivity contribution in [2.24, 2.45) is 5.92 Å². The smallest absolute Gasteiger partial charge is 0.252 e. The molecule has 1 aliphatic rings. The number of aromatic amines is 1. The fourth-order valence-corrected chi connectivity index (χ4v) is 5.04. The number of hydrogen-bond acceptors (Lipinski definition) is 2. The Morgan fingerprint density at radius 1 is 1.00 bits per heavy atom. The van der Waals surface area contributed by atoms with Crippen molar-refractivity contribution in [1.82, 2.24) is 9.88 Å². The Hall–Kier alpha value is -2.36. The molecule has 1 aromatic heterocycles. The van der Waals surface area contributed by atoms with Crippen LogP contribution in [0.3, 0.4) is 0 Å². The molecule has 4 rings (SSSR count). The third-order valence-electron chi connectivity index (χ3n) is 6.75. The molecule has 2 heterocycles. The average Bonchev–Trinajstić information content (AvgIpc) is 2.81. The Kier molecular flexibility index (Phi) is 7.26. The minimum Gasteiger partial charge on any atom is -0.327 e. The Labute approximate surface area is 190 Å². The number of piperidine rings is 1. The van der Waals surface area contributed by atoms with Crippen LogP contribution in [0.5, 0.6) is 0 Å². The van der Waals surface area contributed by atoms with Crippen LogP contribution in [0.2, 0.25) is 5.02 Å². The summed E-state index contributed by atoms with van der Waals surface area (Å²) < 4.78 is 0. The Morgan fingerprint density at radius 2 is 1.71 bits per heavy atom. The zero-order chi connectivity index (χ0) is 21.6. The highest BCUT2D eigenvalue weighted by Gasteiger charge is 2.26. The maximum absolute atomic E-state index is 12.1. The second-order valence-corrected chi connectivity index (χ2v) is 9.20. The molecule has 31 heavy (non-hydrogen) atoms. The lowest BCUT2D eigenvalue weighted by Crippen LogP contribution is -2.36. The molecule has 1 N–H and O–H groups in total. The molecule has 0 amide bonds. The molecule has 0 radical (unpaired) electrons. The topological polar surface area (TPSA) is 36.1 Å². The largest absolute Gasteiger partial charge is 0.327 e. The van der Waals surface area contributed by atoms with Crippen molar-refractivity contribution < 1.29 is 0 Å². The number of rotatable bonds is 7. The quantitative estimate of drug-likeness (QED) is 0.507. The molecule has 0 bridgehead atoms. The van der Waals surface area contributed by atoms with Gasteiger partial charge in [-0.25, -0.2) is 0 Å². The first-order chi connectivity index (χ1) is 15.1. The molecule has 162 valence electrons. The van der Waals surface area contributed by atoms with E-state index in [4.69, 9.17) is 11.6 Å². The van der Waals surface area contributed by atoms with Gasteiger partial charge >= 0.3 is 0 Å². The molecule has 3 nitrogen and oxygen atoms in total. The normalized spacial score (nSPS) is 16.3. The van der Waals surface area contributed by atoms with Gasteiger partial charge in [-0.3, -0.25) is 9.69 Å². The SMILES string of the molecule is CC(c1ccccc1CCc1ccccc1)C1CCN(Cc2cc(Cl)c[nH]c2=O)CC1. The van der Waals surface area contributed by atoms with Gasteiger partial charge in [0.05, 0.1) is 5.02 Å². The van der Waals surface area contributed by atoms with Gasteiger partial charge in [-0.05, 0) is 73.4 Å². The minimum absolute atomic E-state index is 0.0350. The molecular weight excluding hydrogens is 404 g/mol. The molecule has 1 aliphatic heterocycles. The van der Waals surface area contributed by atoms with Gasteiger partial charge in [-0.1, -0.05) is 73.1 Å². The highest BCUT2D eigenvalue weighted by Crippen LogP contribution is 2.34. The summed E-state index contributed by atoms with van der Waals surface area (Å²) in [4.78, 5) is 17.2. The molecule has 0 spiro atoms. The number of aromatic nitrogens is 1. The van der Waals surface area contributed by atoms with E-state index in [2.05, 4.69) is 71.4 Å². The van der Waals surface area contributed by atoms with Crippen LogP contribution in [0, 0.1) is 5.92 Å². The molecule has 0 saturated carbocycles. The summed E-state index contributed by atoms with van der Waals surface area (Å²) in [6, 6.07) is 21.5. The fraction of sp³-hybridized carbons (Fsp3) is 0.370. The Bertz CT molecular complexity index is 1040. The van der Waals surface area contributed by atoms with Crippen molar-refractivity contribution in [2.75, 3.05) is 13.1 Å². The summed E-state index contributed by atoms with van der Waals surface area (Å²) in [6.45, 7) is 5.11. The van der Waals surface area contributed by atoms with E-state index in [1.54, 1.807) is 12.3 Å². The molecule has 4 heteroatoms. The van der Waals surface area contributed by atoms with Crippen LogP contribution in [0.4, 0.5) is 0 Å². The van der Waals surface area contributed by atoms with Crippen LogP contribution in [0.1, 0.15) is 47.9 Å². The zero-order valence-electron chi connectivity index (χ0n) is 18.2. The van der Waals surface area contributed by atoms with E-state index >= 15 is 0 Å². The summed E-state index contributed by atoms with van der Waals surface area (Å²) in [7, 11) is 0. The first-order valence-electron chi connectivity index (χ1n) is 11.3. The van der Waals surface area contributed by atoms with E-state index in [9.17, 15) is 4.79 Å². The van der Waals surface area contributed by atoms with Crippen molar-refractivity contribution in [2.45, 2.75) is 45.1 Å². The highest BCUT2D eigenvalue weighted by atomic mass is 35.5. The number of nitrogens with zero attached hydrogens (tertiary/aromatic N) is 1. The van der Waals surface area contributed by atoms with Gasteiger partial charge in [0.1, 0.15) is 0 Å². The maximum atomic E-state index is 12.1. The molecule has 0 aliphatic carbocycles. The van der Waals surface area contributed by atoms with Crippen molar-refractivity contribution in [3.8, 4) is 0 Å². The predicted molar refractivity (Wildman–Crippen MR) is 129 cm³/mol. The first kappa shape index (κ1) is 21.9. The maximum Gasteiger partial charge on any atom is 0.252 e. The summed E-state index contributed by atoms with van der Waals surface area (Å²) in [5.74, 6) is 1.22. The van der Waals surface area contributed by atoms with Gasteiger partial charge in [-0.15, -0.1) is 0 Å². The van der Waals surface area contributed by atoms with Crippen molar-refractivity contribution in [3.05, 3.63) is 104 Å². The van der Waals surface area contributed by atoms with Crippen LogP contribution in [-0.4, -0.2) is 23.0 Å². The standard InChI is InChI=1S/C27H31ClN2O/c1-20(26-10-6-5-9-23(26)12-11-21-7-3-2-4-8-21)22-13-15-30(16-14-22)19-24-17-25(28)18-29-27(24)31/h2-10,17-18,20,22H,11-16,19H2,1H3,(H,29,31). The second kappa shape index (κ2) is 10.3. The predicted octanol–water partition coefficient (Wildman–Crippen LogP) is 5.83. The van der Waals surface area contributed by atoms with Crippen LogP contribution in [0.25, 0.3) is 0 Å². The first-order valence-corrected chi connectivity index (χ1v) is 11.7. The van der Waals surface area contributed by atoms with E-state index in [0.717, 1.165) is 44.3 Å². The lowest BCUT2D eigenvalue weighted by Gasteiger charge is -2.35. The number of benzene rings is 2. The molecule has 1 atom stereocenters. The summed E-state index contributed by atoms with van der Waals surface area (Å²) in [5.41, 5.74) is 5.10. The summed E-state index contributed by atoms with van der Waals surface area (Å²) >= 11 is 6.06. The Balaban J connectivity index is 1.37. The molecule has 3 aromatic rings.